The molecule has 3 rings (SSSR count). The molecule has 0 amide bonds. The van der Waals surface area contributed by atoms with E-state index in [0.717, 1.165) is 0 Å². The maximum atomic E-state index is 9.68. The summed E-state index contributed by atoms with van der Waals surface area (Å²) < 4.78 is 11.6. The standard InChI is InChI=1S/C18H25NO4/c1-3-9-21-16(10-20)18-17-15(11-22-18)12-23-19(17)13(2)14-7-5-4-6-8-14/h3-8,13,15-18,20H,1,9-12H2,2H3/t13-,15+,16-,17-,18+/m0/s1. The highest BCUT2D eigenvalue weighted by atomic mass is 16.7. The van der Waals surface area contributed by atoms with Gasteiger partial charge in [0.25, 0.3) is 0 Å². The van der Waals surface area contributed by atoms with Crippen molar-refractivity contribution in [3.8, 4) is 0 Å². The molecular formula is C18H25NO4. The first kappa shape index (κ1) is 16.6. The van der Waals surface area contributed by atoms with Crippen LogP contribution >= 0.6 is 0 Å². The quantitative estimate of drug-likeness (QED) is 0.779. The van der Waals surface area contributed by atoms with Gasteiger partial charge in [0.2, 0.25) is 0 Å². The lowest BCUT2D eigenvalue weighted by molar-refractivity contribution is -0.194. The smallest absolute Gasteiger partial charge is 0.109 e. The van der Waals surface area contributed by atoms with Crippen LogP contribution in [0, 0.1) is 5.92 Å². The third kappa shape index (κ3) is 3.34. The van der Waals surface area contributed by atoms with Crippen LogP contribution < -0.4 is 0 Å². The minimum Gasteiger partial charge on any atom is -0.394 e. The molecule has 2 aliphatic rings. The Bertz CT molecular complexity index is 509. The van der Waals surface area contributed by atoms with Crippen LogP contribution in [0.3, 0.4) is 0 Å². The molecule has 0 unspecified atom stereocenters. The molecule has 0 spiro atoms. The number of rotatable bonds is 7. The van der Waals surface area contributed by atoms with E-state index >= 15 is 0 Å². The molecule has 2 aliphatic heterocycles. The number of nitrogens with zero attached hydrogens (tertiary/aromatic N) is 1. The Balaban J connectivity index is 1.76. The van der Waals surface area contributed by atoms with E-state index in [4.69, 9.17) is 14.3 Å². The summed E-state index contributed by atoms with van der Waals surface area (Å²) in [6.07, 6.45) is 1.12. The van der Waals surface area contributed by atoms with E-state index in [0.29, 0.717) is 25.7 Å². The summed E-state index contributed by atoms with van der Waals surface area (Å²) in [6, 6.07) is 10.5. The first-order valence-electron chi connectivity index (χ1n) is 8.17. The van der Waals surface area contributed by atoms with Crippen molar-refractivity contribution >= 4 is 0 Å². The third-order valence-electron chi connectivity index (χ3n) is 4.69. The number of hydrogen-bond acceptors (Lipinski definition) is 5. The second kappa shape index (κ2) is 7.55. The Morgan fingerprint density at radius 3 is 2.87 bits per heavy atom. The van der Waals surface area contributed by atoms with Crippen LogP contribution in [-0.2, 0) is 14.3 Å². The van der Waals surface area contributed by atoms with Crippen molar-refractivity contribution in [3.05, 3.63) is 48.6 Å². The lowest BCUT2D eigenvalue weighted by Gasteiger charge is -2.34. The van der Waals surface area contributed by atoms with E-state index in [2.05, 4.69) is 25.6 Å². The summed E-state index contributed by atoms with van der Waals surface area (Å²) in [6.45, 7) is 7.41. The number of ether oxygens (including phenoxy) is 2. The van der Waals surface area contributed by atoms with Gasteiger partial charge in [-0.15, -0.1) is 6.58 Å². The highest BCUT2D eigenvalue weighted by molar-refractivity contribution is 5.18. The second-order valence-electron chi connectivity index (χ2n) is 6.13. The number of fused-ring (bicyclic) bond motifs is 1. The van der Waals surface area contributed by atoms with Gasteiger partial charge in [-0.05, 0) is 12.5 Å². The second-order valence-corrected chi connectivity index (χ2v) is 6.13. The zero-order valence-electron chi connectivity index (χ0n) is 13.5. The van der Waals surface area contributed by atoms with E-state index in [1.54, 1.807) is 6.08 Å². The monoisotopic (exact) mass is 319 g/mol. The fourth-order valence-electron chi connectivity index (χ4n) is 3.49. The predicted octanol–water partition coefficient (Wildman–Crippen LogP) is 1.94. The molecule has 1 N–H and O–H groups in total. The van der Waals surface area contributed by atoms with Crippen LogP contribution in [0.1, 0.15) is 18.5 Å². The molecule has 2 fully saturated rings. The molecule has 0 aliphatic carbocycles. The van der Waals surface area contributed by atoms with Crippen molar-refractivity contribution in [2.24, 2.45) is 5.92 Å². The minimum absolute atomic E-state index is 0.0741. The SMILES string of the molecule is C=CCO[C@@H](CO)[C@H]1OC[C@@H]2CON([C@@H](C)c3ccccc3)[C@@H]21. The van der Waals surface area contributed by atoms with Crippen molar-refractivity contribution < 1.29 is 19.4 Å². The van der Waals surface area contributed by atoms with Crippen LogP contribution in [0.25, 0.3) is 0 Å². The zero-order chi connectivity index (χ0) is 16.2. The molecule has 2 heterocycles. The fourth-order valence-corrected chi connectivity index (χ4v) is 3.49. The molecule has 1 aromatic carbocycles. The topological polar surface area (TPSA) is 51.2 Å². The van der Waals surface area contributed by atoms with E-state index in [1.807, 2.05) is 23.3 Å². The number of benzene rings is 1. The summed E-state index contributed by atoms with van der Waals surface area (Å²) in [5.41, 5.74) is 1.20. The largest absolute Gasteiger partial charge is 0.394 e. The van der Waals surface area contributed by atoms with Gasteiger partial charge in [0.15, 0.2) is 0 Å². The first-order chi connectivity index (χ1) is 11.3. The summed E-state index contributed by atoms with van der Waals surface area (Å²) in [4.78, 5) is 5.96. The number of aliphatic hydroxyl groups excluding tert-OH is 1. The molecule has 23 heavy (non-hydrogen) atoms. The number of hydrogen-bond donors (Lipinski definition) is 1. The van der Waals surface area contributed by atoms with Gasteiger partial charge in [-0.1, -0.05) is 36.4 Å². The normalized spacial score (nSPS) is 30.1. The highest BCUT2D eigenvalue weighted by Crippen LogP contribution is 2.39. The average molecular weight is 319 g/mol. The van der Waals surface area contributed by atoms with Crippen molar-refractivity contribution in [1.82, 2.24) is 5.06 Å². The molecule has 0 bridgehead atoms. The Hall–Kier alpha value is -1.24. The summed E-state index contributed by atoms with van der Waals surface area (Å²) in [5, 5.41) is 11.7. The molecule has 1 aromatic rings. The van der Waals surface area contributed by atoms with Crippen molar-refractivity contribution in [3.63, 3.8) is 0 Å². The molecule has 5 nitrogen and oxygen atoms in total. The van der Waals surface area contributed by atoms with E-state index in [9.17, 15) is 5.11 Å². The van der Waals surface area contributed by atoms with Crippen molar-refractivity contribution in [2.45, 2.75) is 31.2 Å². The molecule has 5 heteroatoms. The predicted molar refractivity (Wildman–Crippen MR) is 86.7 cm³/mol. The number of aliphatic hydroxyl groups is 1. The van der Waals surface area contributed by atoms with Gasteiger partial charge in [-0.3, -0.25) is 4.84 Å². The van der Waals surface area contributed by atoms with E-state index in [1.165, 1.54) is 5.56 Å². The van der Waals surface area contributed by atoms with Crippen molar-refractivity contribution in [1.29, 1.82) is 0 Å². The van der Waals surface area contributed by atoms with Crippen LogP contribution in [0.15, 0.2) is 43.0 Å². The highest BCUT2D eigenvalue weighted by Gasteiger charge is 2.51. The molecular weight excluding hydrogens is 294 g/mol. The van der Waals surface area contributed by atoms with E-state index < -0.39 is 0 Å². The third-order valence-corrected chi connectivity index (χ3v) is 4.69. The van der Waals surface area contributed by atoms with Gasteiger partial charge in [0.05, 0.1) is 38.5 Å². The van der Waals surface area contributed by atoms with Gasteiger partial charge in [-0.25, -0.2) is 0 Å². The lowest BCUT2D eigenvalue weighted by Crippen LogP contribution is -2.47. The van der Waals surface area contributed by atoms with Crippen LogP contribution in [0.4, 0.5) is 0 Å². The lowest BCUT2D eigenvalue weighted by atomic mass is 9.95. The van der Waals surface area contributed by atoms with Gasteiger partial charge < -0.3 is 14.6 Å². The molecule has 126 valence electrons. The Labute approximate surface area is 137 Å². The number of hydroxylamine groups is 2. The maximum absolute atomic E-state index is 9.68. The fraction of sp³-hybridized carbons (Fsp3) is 0.556. The molecule has 0 saturated carbocycles. The van der Waals surface area contributed by atoms with Crippen LogP contribution in [-0.4, -0.2) is 54.8 Å². The molecule has 0 radical (unpaired) electrons. The Morgan fingerprint density at radius 2 is 2.17 bits per heavy atom. The van der Waals surface area contributed by atoms with Crippen LogP contribution in [0.2, 0.25) is 0 Å². The molecule has 2 saturated heterocycles. The Morgan fingerprint density at radius 1 is 1.39 bits per heavy atom. The minimum atomic E-state index is -0.366. The summed E-state index contributed by atoms with van der Waals surface area (Å²) in [5.74, 6) is 0.313. The van der Waals surface area contributed by atoms with Gasteiger partial charge in [0.1, 0.15) is 12.2 Å². The maximum Gasteiger partial charge on any atom is 0.109 e. The van der Waals surface area contributed by atoms with Crippen LogP contribution in [0.5, 0.6) is 0 Å². The van der Waals surface area contributed by atoms with Crippen molar-refractivity contribution in [2.75, 3.05) is 26.4 Å². The van der Waals surface area contributed by atoms with Gasteiger partial charge >= 0.3 is 0 Å². The zero-order valence-corrected chi connectivity index (χ0v) is 13.5. The Kier molecular flexibility index (Phi) is 5.46. The van der Waals surface area contributed by atoms with E-state index in [-0.39, 0.29) is 30.9 Å². The van der Waals surface area contributed by atoms with Gasteiger partial charge in [-0.2, -0.15) is 5.06 Å². The van der Waals surface area contributed by atoms with Gasteiger partial charge in [0, 0.05) is 5.92 Å². The summed E-state index contributed by atoms with van der Waals surface area (Å²) in [7, 11) is 0. The molecule has 5 atom stereocenters. The first-order valence-corrected chi connectivity index (χ1v) is 8.17. The average Bonchev–Trinajstić information content (AvgIpc) is 3.18. The summed E-state index contributed by atoms with van der Waals surface area (Å²) >= 11 is 0. The molecule has 0 aromatic heterocycles.